The molecule has 35 heavy (non-hydrogen) atoms. The van der Waals surface area contributed by atoms with E-state index in [2.05, 4.69) is 27.7 Å². The Morgan fingerprint density at radius 1 is 0.343 bits per heavy atom. The molecule has 0 fully saturated rings. The molecule has 0 aliphatic carbocycles. The van der Waals surface area contributed by atoms with Crippen molar-refractivity contribution in [3.05, 3.63) is 0 Å². The highest BCUT2D eigenvalue weighted by Crippen LogP contribution is 2.13. The summed E-state index contributed by atoms with van der Waals surface area (Å²) >= 11 is 0. The monoisotopic (exact) mass is 522 g/mol. The van der Waals surface area contributed by atoms with Crippen molar-refractivity contribution in [2.45, 2.75) is 130 Å². The van der Waals surface area contributed by atoms with Gasteiger partial charge in [-0.1, -0.05) is 98.3 Å². The molecule has 0 saturated heterocycles. The average Bonchev–Trinajstić information content (AvgIpc) is 2.85. The van der Waals surface area contributed by atoms with Gasteiger partial charge in [-0.05, 0) is 32.1 Å². The fourth-order valence-corrected chi connectivity index (χ4v) is 4.52. The van der Waals surface area contributed by atoms with Crippen molar-refractivity contribution in [1.82, 2.24) is 0 Å². The molecule has 0 rings (SSSR count). The molecule has 5 heteroatoms. The van der Waals surface area contributed by atoms with Gasteiger partial charge in [0, 0.05) is 19.8 Å². The maximum atomic E-state index is 6.11. The van der Waals surface area contributed by atoms with E-state index >= 15 is 0 Å². The SMILES string of the molecule is CCCCCCOCC[N+](CCCCCC)(CCOCCCCCC)CCOCCCCCC.Cl. The van der Waals surface area contributed by atoms with Gasteiger partial charge in [-0.3, -0.25) is 0 Å². The van der Waals surface area contributed by atoms with E-state index in [1.54, 1.807) is 0 Å². The van der Waals surface area contributed by atoms with Crippen molar-refractivity contribution in [3.63, 3.8) is 0 Å². The van der Waals surface area contributed by atoms with E-state index in [-0.39, 0.29) is 12.4 Å². The van der Waals surface area contributed by atoms with Crippen molar-refractivity contribution in [2.24, 2.45) is 0 Å². The van der Waals surface area contributed by atoms with Crippen LogP contribution < -0.4 is 0 Å². The van der Waals surface area contributed by atoms with Gasteiger partial charge in [0.1, 0.15) is 19.6 Å². The molecule has 0 spiro atoms. The zero-order valence-corrected chi connectivity index (χ0v) is 25.3. The van der Waals surface area contributed by atoms with Gasteiger partial charge >= 0.3 is 0 Å². The van der Waals surface area contributed by atoms with Crippen molar-refractivity contribution in [3.8, 4) is 0 Å². The standard InChI is InChI=1S/C30H64NO3.ClH/c1-5-9-13-17-21-31(22-28-32-25-18-14-10-6-2,23-29-33-26-19-15-11-7-3)24-30-34-27-20-16-12-8-4;/h5-30H2,1-4H3;1H/q+1;. The second-order valence-electron chi connectivity index (χ2n) is 10.3. The molecule has 0 aromatic heterocycles. The van der Waals surface area contributed by atoms with Gasteiger partial charge in [0.05, 0.1) is 26.4 Å². The average molecular weight is 523 g/mol. The van der Waals surface area contributed by atoms with Crippen molar-refractivity contribution >= 4 is 12.4 Å². The van der Waals surface area contributed by atoms with Crippen LogP contribution in [0.15, 0.2) is 0 Å². The molecule has 0 unspecified atom stereocenters. The normalized spacial score (nSPS) is 11.7. The summed E-state index contributed by atoms with van der Waals surface area (Å²) in [6.45, 7) is 19.0. The summed E-state index contributed by atoms with van der Waals surface area (Å²) < 4.78 is 19.4. The topological polar surface area (TPSA) is 27.7 Å². The third-order valence-corrected chi connectivity index (χ3v) is 7.04. The van der Waals surface area contributed by atoms with Gasteiger partial charge in [-0.15, -0.1) is 12.4 Å². The van der Waals surface area contributed by atoms with Gasteiger partial charge in [0.25, 0.3) is 0 Å². The second-order valence-corrected chi connectivity index (χ2v) is 10.3. The Bertz CT molecular complexity index is 339. The molecule has 0 aromatic carbocycles. The Morgan fingerprint density at radius 3 is 0.971 bits per heavy atom. The smallest absolute Gasteiger partial charge is 0.103 e. The summed E-state index contributed by atoms with van der Waals surface area (Å²) in [6.07, 6.45) is 20.6. The first-order valence-electron chi connectivity index (χ1n) is 15.3. The van der Waals surface area contributed by atoms with E-state index in [1.165, 1.54) is 109 Å². The molecule has 214 valence electrons. The van der Waals surface area contributed by atoms with Gasteiger partial charge in [0.2, 0.25) is 0 Å². The molecule has 0 heterocycles. The Balaban J connectivity index is 0. The van der Waals surface area contributed by atoms with Gasteiger partial charge < -0.3 is 18.7 Å². The minimum Gasteiger partial charge on any atom is -0.376 e. The van der Waals surface area contributed by atoms with Crippen molar-refractivity contribution < 1.29 is 18.7 Å². The van der Waals surface area contributed by atoms with Gasteiger partial charge in [-0.25, -0.2) is 0 Å². The van der Waals surface area contributed by atoms with E-state index in [0.29, 0.717) is 0 Å². The third kappa shape index (κ3) is 25.6. The largest absolute Gasteiger partial charge is 0.376 e. The number of halogens is 1. The fourth-order valence-electron chi connectivity index (χ4n) is 4.52. The lowest BCUT2D eigenvalue weighted by molar-refractivity contribution is -0.929. The Labute approximate surface area is 227 Å². The number of quaternary nitrogens is 1. The zero-order chi connectivity index (χ0) is 25.0. The molecule has 0 bridgehead atoms. The van der Waals surface area contributed by atoms with Crippen molar-refractivity contribution in [2.75, 3.05) is 65.8 Å². The van der Waals surface area contributed by atoms with Crippen molar-refractivity contribution in [1.29, 1.82) is 0 Å². The van der Waals surface area contributed by atoms with Crippen LogP contribution >= 0.6 is 12.4 Å². The summed E-state index contributed by atoms with van der Waals surface area (Å²) in [5.74, 6) is 0. The maximum Gasteiger partial charge on any atom is 0.103 e. The first-order chi connectivity index (χ1) is 16.7. The predicted octanol–water partition coefficient (Wildman–Crippen LogP) is 8.60. The molecule has 4 nitrogen and oxygen atoms in total. The first-order valence-corrected chi connectivity index (χ1v) is 15.3. The highest BCUT2D eigenvalue weighted by molar-refractivity contribution is 5.85. The number of unbranched alkanes of at least 4 members (excludes halogenated alkanes) is 12. The highest BCUT2D eigenvalue weighted by atomic mass is 35.5. The molecule has 0 aliphatic heterocycles. The van der Waals surface area contributed by atoms with Crippen LogP contribution in [0.1, 0.15) is 130 Å². The van der Waals surface area contributed by atoms with Crippen LogP contribution in [0.4, 0.5) is 0 Å². The van der Waals surface area contributed by atoms with E-state index < -0.39 is 0 Å². The van der Waals surface area contributed by atoms with Gasteiger partial charge in [0.15, 0.2) is 0 Å². The number of nitrogens with zero attached hydrogens (tertiary/aromatic N) is 1. The Hall–Kier alpha value is 0.130. The molecule has 0 aliphatic rings. The number of ether oxygens (including phenoxy) is 3. The molecule has 0 aromatic rings. The molecule has 0 N–H and O–H groups in total. The summed E-state index contributed by atoms with van der Waals surface area (Å²) in [7, 11) is 0. The summed E-state index contributed by atoms with van der Waals surface area (Å²) in [6, 6.07) is 0. The lowest BCUT2D eigenvalue weighted by Gasteiger charge is -2.39. The first kappa shape index (κ1) is 37.3. The molecule has 0 atom stereocenters. The van der Waals surface area contributed by atoms with Crippen LogP contribution in [-0.4, -0.2) is 70.3 Å². The minimum atomic E-state index is 0. The Kier molecular flexibility index (Phi) is 32.3. The molecule has 0 saturated carbocycles. The summed E-state index contributed by atoms with van der Waals surface area (Å²) in [5.41, 5.74) is 0. The van der Waals surface area contributed by atoms with Crippen LogP contribution in [0.5, 0.6) is 0 Å². The lowest BCUT2D eigenvalue weighted by atomic mass is 10.1. The van der Waals surface area contributed by atoms with Crippen LogP contribution in [0.3, 0.4) is 0 Å². The number of rotatable bonds is 29. The fraction of sp³-hybridized carbons (Fsp3) is 1.00. The van der Waals surface area contributed by atoms with Crippen LogP contribution in [0.2, 0.25) is 0 Å². The van der Waals surface area contributed by atoms with Crippen LogP contribution in [0.25, 0.3) is 0 Å². The van der Waals surface area contributed by atoms with Crippen LogP contribution in [-0.2, 0) is 14.2 Å². The molecule has 0 radical (unpaired) electrons. The van der Waals surface area contributed by atoms with E-state index in [9.17, 15) is 0 Å². The molecule has 0 amide bonds. The lowest BCUT2D eigenvalue weighted by Crippen LogP contribution is -2.54. The predicted molar refractivity (Wildman–Crippen MR) is 156 cm³/mol. The van der Waals surface area contributed by atoms with E-state index in [1.807, 2.05) is 0 Å². The minimum absolute atomic E-state index is 0. The molecular formula is C30H65ClNO3+. The third-order valence-electron chi connectivity index (χ3n) is 7.04. The summed E-state index contributed by atoms with van der Waals surface area (Å²) in [4.78, 5) is 0. The second kappa shape index (κ2) is 30.4. The highest BCUT2D eigenvalue weighted by Gasteiger charge is 2.26. The quantitative estimate of drug-likeness (QED) is 0.0726. The zero-order valence-electron chi connectivity index (χ0n) is 24.5. The summed E-state index contributed by atoms with van der Waals surface area (Å²) in [5, 5.41) is 0. The number of hydrogen-bond donors (Lipinski definition) is 0. The molecular weight excluding hydrogens is 458 g/mol. The number of hydrogen-bond acceptors (Lipinski definition) is 3. The van der Waals surface area contributed by atoms with Crippen LogP contribution in [0, 0.1) is 0 Å². The Morgan fingerprint density at radius 2 is 0.657 bits per heavy atom. The maximum absolute atomic E-state index is 6.11. The van der Waals surface area contributed by atoms with E-state index in [4.69, 9.17) is 14.2 Å². The van der Waals surface area contributed by atoms with E-state index in [0.717, 1.165) is 63.8 Å². The van der Waals surface area contributed by atoms with Gasteiger partial charge in [-0.2, -0.15) is 0 Å².